The third-order valence-electron chi connectivity index (χ3n) is 4.46. The van der Waals surface area contributed by atoms with Gasteiger partial charge in [0.15, 0.2) is 0 Å². The fraction of sp³-hybridized carbons (Fsp3) is 0.143. The highest BCUT2D eigenvalue weighted by Gasteiger charge is 2.35. The van der Waals surface area contributed by atoms with Gasteiger partial charge in [-0.25, -0.2) is 5.01 Å². The van der Waals surface area contributed by atoms with Crippen molar-refractivity contribution in [1.82, 2.24) is 5.01 Å². The van der Waals surface area contributed by atoms with Crippen molar-refractivity contribution in [3.8, 4) is 0 Å². The molecule has 0 radical (unpaired) electrons. The molecule has 1 atom stereocenters. The number of carbonyl (C=O) groups excluding carboxylic acids is 1. The van der Waals surface area contributed by atoms with E-state index in [2.05, 4.69) is 27.1 Å². The molecule has 5 heteroatoms. The highest BCUT2D eigenvalue weighted by Crippen LogP contribution is 2.35. The monoisotopic (exact) mass is 408 g/mol. The van der Waals surface area contributed by atoms with Gasteiger partial charge in [0.1, 0.15) is 11.5 Å². The van der Waals surface area contributed by atoms with Crippen LogP contribution in [0.2, 0.25) is 0 Å². The summed E-state index contributed by atoms with van der Waals surface area (Å²) in [7, 11) is 0. The van der Waals surface area contributed by atoms with Crippen LogP contribution in [0.15, 0.2) is 80.9 Å². The van der Waals surface area contributed by atoms with Gasteiger partial charge in [-0.15, -0.1) is 0 Å². The molecule has 1 aromatic heterocycles. The molecule has 0 spiro atoms. The number of halogens is 1. The van der Waals surface area contributed by atoms with Crippen molar-refractivity contribution in [3.63, 3.8) is 0 Å². The van der Waals surface area contributed by atoms with Gasteiger partial charge in [-0.1, -0.05) is 42.0 Å². The lowest BCUT2D eigenvalue weighted by atomic mass is 9.99. The second kappa shape index (κ2) is 6.92. The summed E-state index contributed by atoms with van der Waals surface area (Å²) in [6, 6.07) is 19.2. The van der Waals surface area contributed by atoms with Crippen molar-refractivity contribution >= 4 is 27.5 Å². The molecule has 1 unspecified atom stereocenters. The summed E-state index contributed by atoms with van der Waals surface area (Å²) in [5.74, 6) is 0.565. The van der Waals surface area contributed by atoms with E-state index < -0.39 is 0 Å². The zero-order valence-corrected chi connectivity index (χ0v) is 15.8. The standard InChI is InChI=1S/C21H17BrN2O2/c1-14-6-4-7-15(12-14)19-13-18(20-10-5-11-26-20)23-24(19)21(25)16-8-2-3-9-17(16)22/h2-12,19H,13H2,1H3. The lowest BCUT2D eigenvalue weighted by molar-refractivity contribution is 0.0710. The lowest BCUT2D eigenvalue weighted by Crippen LogP contribution is -2.27. The zero-order valence-electron chi connectivity index (χ0n) is 14.2. The Kier molecular flexibility index (Phi) is 4.47. The smallest absolute Gasteiger partial charge is 0.275 e. The van der Waals surface area contributed by atoms with Crippen molar-refractivity contribution in [2.75, 3.05) is 0 Å². The first-order chi connectivity index (χ1) is 12.6. The van der Waals surface area contributed by atoms with Crippen molar-refractivity contribution < 1.29 is 9.21 Å². The van der Waals surface area contributed by atoms with Gasteiger partial charge in [-0.2, -0.15) is 5.10 Å². The summed E-state index contributed by atoms with van der Waals surface area (Å²) in [5, 5.41) is 6.20. The van der Waals surface area contributed by atoms with Gasteiger partial charge in [-0.3, -0.25) is 4.79 Å². The number of benzene rings is 2. The summed E-state index contributed by atoms with van der Waals surface area (Å²) >= 11 is 3.47. The minimum atomic E-state index is -0.158. The Bertz CT molecular complexity index is 979. The highest BCUT2D eigenvalue weighted by molar-refractivity contribution is 9.10. The molecule has 1 aliphatic rings. The van der Waals surface area contributed by atoms with Crippen LogP contribution in [0.1, 0.15) is 39.7 Å². The van der Waals surface area contributed by atoms with E-state index in [4.69, 9.17) is 4.42 Å². The van der Waals surface area contributed by atoms with Crippen LogP contribution in [0, 0.1) is 6.92 Å². The Morgan fingerprint density at radius 1 is 1.15 bits per heavy atom. The topological polar surface area (TPSA) is 45.8 Å². The molecule has 0 bridgehead atoms. The second-order valence-electron chi connectivity index (χ2n) is 6.29. The van der Waals surface area contributed by atoms with E-state index in [-0.39, 0.29) is 11.9 Å². The van der Waals surface area contributed by atoms with Crippen molar-refractivity contribution in [2.24, 2.45) is 5.10 Å². The molecule has 0 N–H and O–H groups in total. The third-order valence-corrected chi connectivity index (χ3v) is 5.15. The molecular weight excluding hydrogens is 392 g/mol. The molecule has 0 saturated carbocycles. The number of rotatable bonds is 3. The average Bonchev–Trinajstić information content (AvgIpc) is 3.31. The van der Waals surface area contributed by atoms with E-state index in [1.807, 2.05) is 55.5 Å². The van der Waals surface area contributed by atoms with Crippen LogP contribution in [-0.4, -0.2) is 16.6 Å². The number of amides is 1. The molecule has 130 valence electrons. The number of aryl methyl sites for hydroxylation is 1. The first kappa shape index (κ1) is 16.8. The molecule has 2 aromatic carbocycles. The van der Waals surface area contributed by atoms with Gasteiger partial charge >= 0.3 is 0 Å². The summed E-state index contributed by atoms with van der Waals surface area (Å²) < 4.78 is 6.26. The third kappa shape index (κ3) is 3.10. The maximum Gasteiger partial charge on any atom is 0.275 e. The molecule has 3 aromatic rings. The van der Waals surface area contributed by atoms with Crippen LogP contribution in [0.4, 0.5) is 0 Å². The second-order valence-corrected chi connectivity index (χ2v) is 7.14. The minimum Gasteiger partial charge on any atom is -0.463 e. The van der Waals surface area contributed by atoms with E-state index in [0.717, 1.165) is 21.3 Å². The van der Waals surface area contributed by atoms with E-state index in [1.165, 1.54) is 0 Å². The van der Waals surface area contributed by atoms with E-state index in [9.17, 15) is 4.79 Å². The largest absolute Gasteiger partial charge is 0.463 e. The van der Waals surface area contributed by atoms with Crippen LogP contribution in [0.3, 0.4) is 0 Å². The maximum absolute atomic E-state index is 13.2. The summed E-state index contributed by atoms with van der Waals surface area (Å²) in [6.07, 6.45) is 2.24. The highest BCUT2D eigenvalue weighted by atomic mass is 79.9. The van der Waals surface area contributed by atoms with Crippen molar-refractivity contribution in [1.29, 1.82) is 0 Å². The summed E-state index contributed by atoms with van der Waals surface area (Å²) in [5.41, 5.74) is 3.59. The summed E-state index contributed by atoms with van der Waals surface area (Å²) in [4.78, 5) is 13.2. The Labute approximate surface area is 160 Å². The van der Waals surface area contributed by atoms with E-state index >= 15 is 0 Å². The molecule has 0 fully saturated rings. The van der Waals surface area contributed by atoms with Gasteiger partial charge in [0.2, 0.25) is 0 Å². The Morgan fingerprint density at radius 3 is 2.73 bits per heavy atom. The number of carbonyl (C=O) groups is 1. The maximum atomic E-state index is 13.2. The normalized spacial score (nSPS) is 16.6. The van der Waals surface area contributed by atoms with Crippen LogP contribution >= 0.6 is 15.9 Å². The van der Waals surface area contributed by atoms with Crippen LogP contribution in [0.25, 0.3) is 0 Å². The first-order valence-corrected chi connectivity index (χ1v) is 9.19. The number of hydrogen-bond acceptors (Lipinski definition) is 3. The molecule has 0 saturated heterocycles. The fourth-order valence-electron chi connectivity index (χ4n) is 3.18. The quantitative estimate of drug-likeness (QED) is 0.586. The number of hydrazone groups is 1. The Morgan fingerprint density at radius 2 is 2.00 bits per heavy atom. The zero-order chi connectivity index (χ0) is 18.1. The van der Waals surface area contributed by atoms with Crippen LogP contribution < -0.4 is 0 Å². The average molecular weight is 409 g/mol. The number of nitrogens with zero attached hydrogens (tertiary/aromatic N) is 2. The van der Waals surface area contributed by atoms with Gasteiger partial charge in [0.05, 0.1) is 17.9 Å². The van der Waals surface area contributed by atoms with Gasteiger partial charge in [0.25, 0.3) is 5.91 Å². The number of furan rings is 1. The molecule has 2 heterocycles. The van der Waals surface area contributed by atoms with Crippen LogP contribution in [0.5, 0.6) is 0 Å². The first-order valence-electron chi connectivity index (χ1n) is 8.39. The number of hydrogen-bond donors (Lipinski definition) is 0. The molecule has 1 amide bonds. The van der Waals surface area contributed by atoms with Gasteiger partial charge in [0, 0.05) is 10.9 Å². The molecule has 4 nitrogen and oxygen atoms in total. The minimum absolute atomic E-state index is 0.134. The predicted molar refractivity (Wildman–Crippen MR) is 104 cm³/mol. The van der Waals surface area contributed by atoms with Gasteiger partial charge in [-0.05, 0) is 52.7 Å². The van der Waals surface area contributed by atoms with E-state index in [1.54, 1.807) is 17.3 Å². The molecule has 1 aliphatic heterocycles. The molecular formula is C21H17BrN2O2. The van der Waals surface area contributed by atoms with Crippen LogP contribution in [-0.2, 0) is 0 Å². The Balaban J connectivity index is 1.76. The molecule has 26 heavy (non-hydrogen) atoms. The molecule has 0 aliphatic carbocycles. The predicted octanol–water partition coefficient (Wildman–Crippen LogP) is 5.34. The van der Waals surface area contributed by atoms with E-state index in [0.29, 0.717) is 17.7 Å². The Hall–Kier alpha value is -2.66. The molecule has 4 rings (SSSR count). The van der Waals surface area contributed by atoms with Crippen molar-refractivity contribution in [3.05, 3.63) is 93.9 Å². The van der Waals surface area contributed by atoms with Gasteiger partial charge < -0.3 is 4.42 Å². The van der Waals surface area contributed by atoms with Crippen molar-refractivity contribution in [2.45, 2.75) is 19.4 Å². The SMILES string of the molecule is Cc1cccc(C2CC(c3ccco3)=NN2C(=O)c2ccccc2Br)c1. The fourth-order valence-corrected chi connectivity index (χ4v) is 3.64. The lowest BCUT2D eigenvalue weighted by Gasteiger charge is -2.22. The summed E-state index contributed by atoms with van der Waals surface area (Å²) in [6.45, 7) is 2.05.